The highest BCUT2D eigenvalue weighted by Crippen LogP contribution is 2.13. The van der Waals surface area contributed by atoms with Crippen LogP contribution in [0.3, 0.4) is 0 Å². The van der Waals surface area contributed by atoms with E-state index >= 15 is 0 Å². The maximum absolute atomic E-state index is 11.5. The molecule has 0 aliphatic rings. The van der Waals surface area contributed by atoms with Crippen LogP contribution in [0.5, 0.6) is 0 Å². The Bertz CT molecular complexity index is 553. The van der Waals surface area contributed by atoms with Crippen molar-refractivity contribution >= 4 is 5.69 Å². The summed E-state index contributed by atoms with van der Waals surface area (Å²) in [5, 5.41) is 3.42. The van der Waals surface area contributed by atoms with E-state index in [1.54, 1.807) is 17.0 Å². The van der Waals surface area contributed by atoms with Crippen molar-refractivity contribution in [1.82, 2.24) is 9.55 Å². The van der Waals surface area contributed by atoms with Gasteiger partial charge in [-0.2, -0.15) is 0 Å². The maximum atomic E-state index is 11.5. The van der Waals surface area contributed by atoms with Gasteiger partial charge in [-0.05, 0) is 36.6 Å². The lowest BCUT2D eigenvalue weighted by atomic mass is 10.1. The second-order valence-electron chi connectivity index (χ2n) is 4.96. The van der Waals surface area contributed by atoms with E-state index in [9.17, 15) is 4.79 Å². The lowest BCUT2D eigenvalue weighted by Gasteiger charge is -2.12. The van der Waals surface area contributed by atoms with Crippen LogP contribution in [0.25, 0.3) is 5.69 Å². The van der Waals surface area contributed by atoms with Crippen LogP contribution < -0.4 is 11.0 Å². The molecule has 0 aliphatic heterocycles. The Balaban J connectivity index is 1.99. The lowest BCUT2D eigenvalue weighted by molar-refractivity contribution is 0.551. The second-order valence-corrected chi connectivity index (χ2v) is 4.96. The van der Waals surface area contributed by atoms with E-state index in [4.69, 9.17) is 0 Å². The molecule has 1 heterocycles. The highest BCUT2D eigenvalue weighted by atomic mass is 16.1. The Kier molecular flexibility index (Phi) is 4.44. The van der Waals surface area contributed by atoms with Gasteiger partial charge in [0.1, 0.15) is 0 Å². The second kappa shape index (κ2) is 6.27. The summed E-state index contributed by atoms with van der Waals surface area (Å²) in [4.78, 5) is 14.1. The third-order valence-corrected chi connectivity index (χ3v) is 3.23. The van der Waals surface area contributed by atoms with E-state index in [-0.39, 0.29) is 5.69 Å². The number of rotatable bonds is 6. The Morgan fingerprint density at radius 3 is 2.63 bits per heavy atom. The normalized spacial score (nSPS) is 12.3. The average Bonchev–Trinajstić information content (AvgIpc) is 2.84. The first-order chi connectivity index (χ1) is 9.20. The number of nitrogens with zero attached hydrogens (tertiary/aromatic N) is 1. The smallest absolute Gasteiger partial charge is 0.330 e. The molecule has 1 atom stereocenters. The molecule has 0 radical (unpaired) electrons. The Hall–Kier alpha value is -1.97. The van der Waals surface area contributed by atoms with Crippen molar-refractivity contribution in [2.45, 2.75) is 26.7 Å². The lowest BCUT2D eigenvalue weighted by Crippen LogP contribution is -2.14. The summed E-state index contributed by atoms with van der Waals surface area (Å²) in [6, 6.07) is 7.91. The van der Waals surface area contributed by atoms with Crippen LogP contribution in [0.2, 0.25) is 0 Å². The number of hydrogen-bond donors (Lipinski definition) is 2. The Morgan fingerprint density at radius 2 is 2.05 bits per heavy atom. The molecular weight excluding hydrogens is 238 g/mol. The number of anilines is 1. The van der Waals surface area contributed by atoms with E-state index in [2.05, 4.69) is 24.1 Å². The number of aromatic amines is 1. The molecule has 2 aromatic rings. The number of H-pyrrole nitrogens is 1. The molecular formula is C15H21N3O. The van der Waals surface area contributed by atoms with Crippen LogP contribution in [-0.2, 0) is 0 Å². The van der Waals surface area contributed by atoms with Crippen molar-refractivity contribution < 1.29 is 0 Å². The summed E-state index contributed by atoms with van der Waals surface area (Å²) in [6.45, 7) is 5.45. The van der Waals surface area contributed by atoms with Crippen LogP contribution in [0.4, 0.5) is 5.69 Å². The molecule has 0 aliphatic carbocycles. The minimum Gasteiger partial charge on any atom is -0.385 e. The van der Waals surface area contributed by atoms with Crippen molar-refractivity contribution in [3.8, 4) is 5.69 Å². The fourth-order valence-electron chi connectivity index (χ4n) is 2.15. The summed E-state index contributed by atoms with van der Waals surface area (Å²) in [7, 11) is 0. The van der Waals surface area contributed by atoms with Gasteiger partial charge in [0.2, 0.25) is 0 Å². The largest absolute Gasteiger partial charge is 0.385 e. The quantitative estimate of drug-likeness (QED) is 0.837. The first-order valence-corrected chi connectivity index (χ1v) is 6.81. The van der Waals surface area contributed by atoms with Crippen molar-refractivity contribution in [2.24, 2.45) is 5.92 Å². The molecule has 2 N–H and O–H groups in total. The van der Waals surface area contributed by atoms with E-state index in [1.807, 2.05) is 24.3 Å². The zero-order valence-electron chi connectivity index (χ0n) is 11.5. The molecule has 0 fully saturated rings. The molecule has 0 bridgehead atoms. The van der Waals surface area contributed by atoms with Crippen molar-refractivity contribution in [1.29, 1.82) is 0 Å². The van der Waals surface area contributed by atoms with Crippen LogP contribution in [0, 0.1) is 5.92 Å². The van der Waals surface area contributed by atoms with Crippen LogP contribution >= 0.6 is 0 Å². The Morgan fingerprint density at radius 1 is 1.32 bits per heavy atom. The zero-order valence-corrected chi connectivity index (χ0v) is 11.5. The van der Waals surface area contributed by atoms with Gasteiger partial charge in [0, 0.05) is 24.6 Å². The first kappa shape index (κ1) is 13.5. The minimum atomic E-state index is -0.114. The van der Waals surface area contributed by atoms with Gasteiger partial charge >= 0.3 is 5.69 Å². The van der Waals surface area contributed by atoms with Gasteiger partial charge in [0.25, 0.3) is 0 Å². The van der Waals surface area contributed by atoms with Crippen LogP contribution in [-0.4, -0.2) is 16.1 Å². The topological polar surface area (TPSA) is 49.8 Å². The van der Waals surface area contributed by atoms with Crippen molar-refractivity contribution in [3.63, 3.8) is 0 Å². The number of benzene rings is 1. The van der Waals surface area contributed by atoms with E-state index in [0.717, 1.165) is 17.9 Å². The molecule has 1 unspecified atom stereocenters. The summed E-state index contributed by atoms with van der Waals surface area (Å²) >= 11 is 0. The minimum absolute atomic E-state index is 0.114. The molecule has 102 valence electrons. The molecule has 0 saturated carbocycles. The average molecular weight is 259 g/mol. The van der Waals surface area contributed by atoms with Gasteiger partial charge in [-0.15, -0.1) is 0 Å². The van der Waals surface area contributed by atoms with Crippen LogP contribution in [0.1, 0.15) is 26.7 Å². The fraction of sp³-hybridized carbons (Fsp3) is 0.400. The molecule has 0 amide bonds. The summed E-state index contributed by atoms with van der Waals surface area (Å²) in [6.07, 6.45) is 5.83. The first-order valence-electron chi connectivity index (χ1n) is 6.81. The van der Waals surface area contributed by atoms with E-state index in [0.29, 0.717) is 5.92 Å². The fourth-order valence-corrected chi connectivity index (χ4v) is 2.15. The SMILES string of the molecule is CCCC(C)CNc1ccc(-n2cc[nH]c2=O)cc1. The Labute approximate surface area is 113 Å². The zero-order chi connectivity index (χ0) is 13.7. The van der Waals surface area contributed by atoms with Gasteiger partial charge in [-0.25, -0.2) is 4.79 Å². The molecule has 0 saturated heterocycles. The van der Waals surface area contributed by atoms with Crippen molar-refractivity contribution in [2.75, 3.05) is 11.9 Å². The van der Waals surface area contributed by atoms with E-state index < -0.39 is 0 Å². The standard InChI is InChI=1S/C15H21N3O/c1-3-4-12(2)11-17-13-5-7-14(8-6-13)18-10-9-16-15(18)19/h5-10,12,17H,3-4,11H2,1-2H3,(H,16,19). The number of aromatic nitrogens is 2. The third-order valence-electron chi connectivity index (χ3n) is 3.23. The van der Waals surface area contributed by atoms with Crippen LogP contribution in [0.15, 0.2) is 41.5 Å². The van der Waals surface area contributed by atoms with Crippen molar-refractivity contribution in [3.05, 3.63) is 47.1 Å². The number of hydrogen-bond acceptors (Lipinski definition) is 2. The predicted octanol–water partition coefficient (Wildman–Crippen LogP) is 3.01. The van der Waals surface area contributed by atoms with E-state index in [1.165, 1.54) is 12.8 Å². The maximum Gasteiger partial charge on any atom is 0.330 e. The molecule has 0 spiro atoms. The molecule has 4 nitrogen and oxygen atoms in total. The third kappa shape index (κ3) is 3.50. The summed E-state index contributed by atoms with van der Waals surface area (Å²) in [5.41, 5.74) is 1.85. The molecule has 1 aromatic carbocycles. The molecule has 19 heavy (non-hydrogen) atoms. The molecule has 4 heteroatoms. The summed E-state index contributed by atoms with van der Waals surface area (Å²) < 4.78 is 1.59. The molecule has 1 aromatic heterocycles. The monoisotopic (exact) mass is 259 g/mol. The number of imidazole rings is 1. The van der Waals surface area contributed by atoms with Gasteiger partial charge < -0.3 is 10.3 Å². The van der Waals surface area contributed by atoms with Gasteiger partial charge in [0.05, 0.1) is 5.69 Å². The molecule has 2 rings (SSSR count). The van der Waals surface area contributed by atoms with Gasteiger partial charge in [-0.1, -0.05) is 20.3 Å². The highest BCUT2D eigenvalue weighted by Gasteiger charge is 2.02. The predicted molar refractivity (Wildman–Crippen MR) is 79.0 cm³/mol. The van der Waals surface area contributed by atoms with Gasteiger partial charge in [-0.3, -0.25) is 4.57 Å². The van der Waals surface area contributed by atoms with Gasteiger partial charge in [0.15, 0.2) is 0 Å². The number of nitrogens with one attached hydrogen (secondary N) is 2. The summed E-state index contributed by atoms with van der Waals surface area (Å²) in [5.74, 6) is 0.678. The highest BCUT2D eigenvalue weighted by molar-refractivity contribution is 5.48.